The van der Waals surface area contributed by atoms with Gasteiger partial charge in [0.15, 0.2) is 0 Å². The molecule has 0 radical (unpaired) electrons. The Morgan fingerprint density at radius 3 is 2.96 bits per heavy atom. The van der Waals surface area contributed by atoms with E-state index in [1.54, 1.807) is 16.1 Å². The standard InChI is InChI=1S/C17H19N5OS/c1-13-12-24-17(19-13)16-11-21(7-8-23-16)10-14-9-18-22(20-14)15-5-3-2-4-6-15/h2-6,9,12,16H,7-8,10-11H2,1H3/t16-/m1/s1. The lowest BCUT2D eigenvalue weighted by Gasteiger charge is -2.31. The number of aromatic nitrogens is 4. The maximum Gasteiger partial charge on any atom is 0.123 e. The van der Waals surface area contributed by atoms with Gasteiger partial charge in [0, 0.05) is 30.7 Å². The molecule has 0 aliphatic carbocycles. The topological polar surface area (TPSA) is 56.1 Å². The van der Waals surface area contributed by atoms with Gasteiger partial charge in [-0.1, -0.05) is 18.2 Å². The molecule has 24 heavy (non-hydrogen) atoms. The van der Waals surface area contributed by atoms with Crippen LogP contribution in [0.5, 0.6) is 0 Å². The zero-order chi connectivity index (χ0) is 16.4. The fourth-order valence-electron chi connectivity index (χ4n) is 2.80. The van der Waals surface area contributed by atoms with Crippen molar-refractivity contribution in [2.45, 2.75) is 19.6 Å². The predicted molar refractivity (Wildman–Crippen MR) is 92.2 cm³/mol. The van der Waals surface area contributed by atoms with Crippen molar-refractivity contribution in [1.82, 2.24) is 24.9 Å². The molecule has 0 spiro atoms. The van der Waals surface area contributed by atoms with Gasteiger partial charge in [0.05, 0.1) is 24.2 Å². The first-order valence-corrected chi connectivity index (χ1v) is 8.88. The number of para-hydroxylation sites is 1. The van der Waals surface area contributed by atoms with Gasteiger partial charge in [-0.25, -0.2) is 4.98 Å². The number of benzene rings is 1. The molecule has 6 nitrogen and oxygen atoms in total. The fraction of sp³-hybridized carbons (Fsp3) is 0.353. The van der Waals surface area contributed by atoms with E-state index in [9.17, 15) is 0 Å². The third-order valence-corrected chi connectivity index (χ3v) is 5.03. The van der Waals surface area contributed by atoms with E-state index in [0.29, 0.717) is 0 Å². The highest BCUT2D eigenvalue weighted by atomic mass is 32.1. The van der Waals surface area contributed by atoms with Crippen molar-refractivity contribution in [1.29, 1.82) is 0 Å². The minimum atomic E-state index is 0.0571. The Labute approximate surface area is 144 Å². The Morgan fingerprint density at radius 2 is 2.17 bits per heavy atom. The van der Waals surface area contributed by atoms with Crippen LogP contribution in [0.2, 0.25) is 0 Å². The highest BCUT2D eigenvalue weighted by molar-refractivity contribution is 7.09. The van der Waals surface area contributed by atoms with Crippen LogP contribution in [-0.4, -0.2) is 44.6 Å². The lowest BCUT2D eigenvalue weighted by atomic mass is 10.2. The second-order valence-corrected chi connectivity index (χ2v) is 6.77. The molecule has 1 aromatic carbocycles. The number of thiazole rings is 1. The van der Waals surface area contributed by atoms with E-state index in [2.05, 4.69) is 25.5 Å². The summed E-state index contributed by atoms with van der Waals surface area (Å²) in [5.41, 5.74) is 3.00. The molecule has 2 aromatic heterocycles. The van der Waals surface area contributed by atoms with Crippen molar-refractivity contribution in [2.75, 3.05) is 19.7 Å². The smallest absolute Gasteiger partial charge is 0.123 e. The molecule has 124 valence electrons. The Hall–Kier alpha value is -2.09. The van der Waals surface area contributed by atoms with E-state index in [1.807, 2.05) is 43.5 Å². The molecule has 0 N–H and O–H groups in total. The summed E-state index contributed by atoms with van der Waals surface area (Å²) in [4.78, 5) is 8.58. The summed E-state index contributed by atoms with van der Waals surface area (Å²) in [5.74, 6) is 0. The van der Waals surface area contributed by atoms with Crippen LogP contribution in [0.1, 0.15) is 22.5 Å². The summed E-state index contributed by atoms with van der Waals surface area (Å²) in [6.07, 6.45) is 1.90. The largest absolute Gasteiger partial charge is 0.368 e. The molecular weight excluding hydrogens is 322 g/mol. The average Bonchev–Trinajstić information content (AvgIpc) is 3.25. The number of hydrogen-bond donors (Lipinski definition) is 0. The Kier molecular flexibility index (Phi) is 4.38. The second kappa shape index (κ2) is 6.80. The van der Waals surface area contributed by atoms with Crippen LogP contribution in [0.4, 0.5) is 0 Å². The maximum atomic E-state index is 5.88. The van der Waals surface area contributed by atoms with Crippen molar-refractivity contribution in [3.8, 4) is 5.69 Å². The highest BCUT2D eigenvalue weighted by Crippen LogP contribution is 2.25. The molecule has 0 saturated carbocycles. The van der Waals surface area contributed by atoms with Crippen LogP contribution >= 0.6 is 11.3 Å². The first-order chi connectivity index (χ1) is 11.8. The van der Waals surface area contributed by atoms with Gasteiger partial charge in [-0.15, -0.1) is 11.3 Å². The Bertz CT molecular complexity index is 800. The molecule has 4 rings (SSSR count). The number of hydrogen-bond acceptors (Lipinski definition) is 6. The van der Waals surface area contributed by atoms with Gasteiger partial charge in [-0.3, -0.25) is 4.90 Å². The molecule has 1 saturated heterocycles. The summed E-state index contributed by atoms with van der Waals surface area (Å²) in [6, 6.07) is 9.96. The van der Waals surface area contributed by atoms with E-state index >= 15 is 0 Å². The van der Waals surface area contributed by atoms with E-state index in [4.69, 9.17) is 4.74 Å². The molecular formula is C17H19N5OS. The molecule has 1 aliphatic rings. The zero-order valence-corrected chi connectivity index (χ0v) is 14.3. The number of ether oxygens (including phenoxy) is 1. The van der Waals surface area contributed by atoms with Crippen molar-refractivity contribution >= 4 is 11.3 Å². The highest BCUT2D eigenvalue weighted by Gasteiger charge is 2.24. The van der Waals surface area contributed by atoms with E-state index in [-0.39, 0.29) is 6.10 Å². The van der Waals surface area contributed by atoms with Crippen LogP contribution in [0.25, 0.3) is 5.69 Å². The first-order valence-electron chi connectivity index (χ1n) is 8.00. The fourth-order valence-corrected chi connectivity index (χ4v) is 3.63. The van der Waals surface area contributed by atoms with Crippen molar-refractivity contribution < 1.29 is 4.74 Å². The molecule has 3 aromatic rings. The van der Waals surface area contributed by atoms with Gasteiger partial charge in [0.25, 0.3) is 0 Å². The maximum absolute atomic E-state index is 5.88. The quantitative estimate of drug-likeness (QED) is 0.730. The second-order valence-electron chi connectivity index (χ2n) is 5.88. The van der Waals surface area contributed by atoms with Crippen LogP contribution in [0, 0.1) is 6.92 Å². The first kappa shape index (κ1) is 15.4. The van der Waals surface area contributed by atoms with E-state index in [0.717, 1.165) is 48.3 Å². The number of aryl methyl sites for hydroxylation is 1. The SMILES string of the molecule is Cc1csc([C@H]2CN(Cc3cnn(-c4ccccc4)n3)CCO2)n1. The minimum absolute atomic E-state index is 0.0571. The summed E-state index contributed by atoms with van der Waals surface area (Å²) in [6.45, 7) is 5.25. The van der Waals surface area contributed by atoms with E-state index in [1.165, 1.54) is 0 Å². The van der Waals surface area contributed by atoms with Crippen LogP contribution < -0.4 is 0 Å². The van der Waals surface area contributed by atoms with Crippen LogP contribution in [0.3, 0.4) is 0 Å². The molecule has 0 unspecified atom stereocenters. The summed E-state index contributed by atoms with van der Waals surface area (Å²) in [5, 5.41) is 12.1. The molecule has 0 amide bonds. The number of morpholine rings is 1. The monoisotopic (exact) mass is 341 g/mol. The molecule has 3 heterocycles. The molecule has 7 heteroatoms. The number of nitrogens with zero attached hydrogens (tertiary/aromatic N) is 5. The molecule has 1 atom stereocenters. The Balaban J connectivity index is 1.43. The lowest BCUT2D eigenvalue weighted by Crippen LogP contribution is -2.37. The van der Waals surface area contributed by atoms with Gasteiger partial charge in [-0.2, -0.15) is 15.0 Å². The third-order valence-electron chi connectivity index (χ3n) is 3.97. The Morgan fingerprint density at radius 1 is 1.29 bits per heavy atom. The molecule has 0 bridgehead atoms. The van der Waals surface area contributed by atoms with Crippen molar-refractivity contribution in [3.63, 3.8) is 0 Å². The lowest BCUT2D eigenvalue weighted by molar-refractivity contribution is -0.0334. The van der Waals surface area contributed by atoms with Gasteiger partial charge < -0.3 is 4.74 Å². The van der Waals surface area contributed by atoms with Crippen molar-refractivity contribution in [3.05, 3.63) is 58.3 Å². The summed E-state index contributed by atoms with van der Waals surface area (Å²) in [7, 11) is 0. The summed E-state index contributed by atoms with van der Waals surface area (Å²) < 4.78 is 5.88. The zero-order valence-electron chi connectivity index (χ0n) is 13.5. The average molecular weight is 341 g/mol. The van der Waals surface area contributed by atoms with E-state index < -0.39 is 0 Å². The molecule has 1 fully saturated rings. The van der Waals surface area contributed by atoms with Crippen LogP contribution in [0.15, 0.2) is 41.9 Å². The predicted octanol–water partition coefficient (Wildman–Crippen LogP) is 2.61. The third kappa shape index (κ3) is 3.38. The van der Waals surface area contributed by atoms with Gasteiger partial charge >= 0.3 is 0 Å². The van der Waals surface area contributed by atoms with Crippen LogP contribution in [-0.2, 0) is 11.3 Å². The number of rotatable bonds is 4. The van der Waals surface area contributed by atoms with Crippen molar-refractivity contribution in [2.24, 2.45) is 0 Å². The summed E-state index contributed by atoms with van der Waals surface area (Å²) >= 11 is 1.67. The van der Waals surface area contributed by atoms with Gasteiger partial charge in [-0.05, 0) is 19.1 Å². The normalized spacial score (nSPS) is 18.8. The van der Waals surface area contributed by atoms with Gasteiger partial charge in [0.1, 0.15) is 11.1 Å². The minimum Gasteiger partial charge on any atom is -0.368 e. The molecule has 1 aliphatic heterocycles. The van der Waals surface area contributed by atoms with Gasteiger partial charge in [0.2, 0.25) is 0 Å².